The van der Waals surface area contributed by atoms with Crippen LogP contribution in [0.5, 0.6) is 5.75 Å². The highest BCUT2D eigenvalue weighted by Crippen LogP contribution is 2.34. The highest BCUT2D eigenvalue weighted by molar-refractivity contribution is 9.10. The van der Waals surface area contributed by atoms with E-state index in [1.807, 2.05) is 0 Å². The van der Waals surface area contributed by atoms with Crippen LogP contribution >= 0.6 is 27.5 Å². The molecule has 0 amide bonds. The Hall–Kier alpha value is -2.71. The lowest BCUT2D eigenvalue weighted by molar-refractivity contribution is -0.131. The molecule has 9 heteroatoms. The van der Waals surface area contributed by atoms with Gasteiger partial charge in [-0.1, -0.05) is 23.7 Å². The normalized spacial score (nSPS) is 11.2. The van der Waals surface area contributed by atoms with Gasteiger partial charge in [0.1, 0.15) is 0 Å². The number of benzene rings is 2. The number of H-pyrrole nitrogens is 1. The first-order valence-corrected chi connectivity index (χ1v) is 8.50. The number of carbonyl (C=O) groups is 1. The number of halogens is 2. The fraction of sp³-hybridized carbons (Fsp3) is 0.0588. The number of ether oxygens (including phenoxy) is 1. The van der Waals surface area contributed by atoms with E-state index in [2.05, 4.69) is 26.0 Å². The van der Waals surface area contributed by atoms with Gasteiger partial charge in [0.15, 0.2) is 5.75 Å². The SMILES string of the molecule is CC(=O)Oc1c(Cl)cc(C=Nn2c(=O)[nH]c3ccccc3c2=O)cc1Br. The van der Waals surface area contributed by atoms with E-state index in [1.165, 1.54) is 19.2 Å². The van der Waals surface area contributed by atoms with Crippen LogP contribution in [-0.2, 0) is 4.79 Å². The number of nitrogens with zero attached hydrogens (tertiary/aromatic N) is 2. The number of nitrogens with one attached hydrogen (secondary N) is 1. The number of aromatic amines is 1. The molecule has 26 heavy (non-hydrogen) atoms. The monoisotopic (exact) mass is 435 g/mol. The molecule has 1 aromatic heterocycles. The third-order valence-corrected chi connectivity index (χ3v) is 4.24. The molecule has 3 rings (SSSR count). The second-order valence-electron chi connectivity index (χ2n) is 5.24. The Morgan fingerprint density at radius 1 is 1.31 bits per heavy atom. The average Bonchev–Trinajstić information content (AvgIpc) is 2.58. The third kappa shape index (κ3) is 3.61. The fourth-order valence-electron chi connectivity index (χ4n) is 2.28. The molecule has 0 spiro atoms. The van der Waals surface area contributed by atoms with E-state index in [4.69, 9.17) is 16.3 Å². The molecule has 1 heterocycles. The predicted molar refractivity (Wildman–Crippen MR) is 102 cm³/mol. The van der Waals surface area contributed by atoms with Gasteiger partial charge in [-0.3, -0.25) is 9.59 Å². The van der Waals surface area contributed by atoms with Crippen molar-refractivity contribution in [3.8, 4) is 5.75 Å². The van der Waals surface area contributed by atoms with E-state index in [0.29, 0.717) is 20.9 Å². The number of fused-ring (bicyclic) bond motifs is 1. The first kappa shape index (κ1) is 18.1. The molecule has 0 bridgehead atoms. The van der Waals surface area contributed by atoms with Crippen molar-refractivity contribution < 1.29 is 9.53 Å². The summed E-state index contributed by atoms with van der Waals surface area (Å²) in [4.78, 5) is 38.2. The van der Waals surface area contributed by atoms with Crippen molar-refractivity contribution in [2.24, 2.45) is 5.10 Å². The van der Waals surface area contributed by atoms with E-state index in [0.717, 1.165) is 4.68 Å². The Bertz CT molecular complexity index is 1140. The quantitative estimate of drug-likeness (QED) is 0.388. The minimum absolute atomic E-state index is 0.177. The maximum atomic E-state index is 12.4. The van der Waals surface area contributed by atoms with E-state index >= 15 is 0 Å². The van der Waals surface area contributed by atoms with E-state index in [-0.39, 0.29) is 10.8 Å². The topological polar surface area (TPSA) is 93.5 Å². The zero-order valence-electron chi connectivity index (χ0n) is 13.3. The Kier molecular flexibility index (Phi) is 5.06. The van der Waals surface area contributed by atoms with E-state index < -0.39 is 17.2 Å². The molecule has 0 aliphatic rings. The highest BCUT2D eigenvalue weighted by Gasteiger charge is 2.11. The van der Waals surface area contributed by atoms with Gasteiger partial charge in [-0.15, -0.1) is 4.68 Å². The standard InChI is InChI=1S/C17H11BrClN3O4/c1-9(23)26-15-12(18)6-10(7-13(15)19)8-20-22-16(24)11-4-2-3-5-14(11)21-17(22)25/h2-8H,1H3,(H,21,25). The zero-order valence-corrected chi connectivity index (χ0v) is 15.7. The van der Waals surface area contributed by atoms with Gasteiger partial charge in [-0.25, -0.2) is 4.79 Å². The first-order chi connectivity index (χ1) is 12.4. The summed E-state index contributed by atoms with van der Waals surface area (Å²) >= 11 is 9.35. The molecular formula is C17H11BrClN3O4. The maximum Gasteiger partial charge on any atom is 0.349 e. The van der Waals surface area contributed by atoms with Crippen molar-refractivity contribution in [2.45, 2.75) is 6.92 Å². The van der Waals surface area contributed by atoms with Gasteiger partial charge in [0.05, 0.1) is 26.6 Å². The van der Waals surface area contributed by atoms with Crippen LogP contribution in [0.15, 0.2) is 55.6 Å². The smallest absolute Gasteiger partial charge is 0.349 e. The zero-order chi connectivity index (χ0) is 18.8. The second kappa shape index (κ2) is 7.27. The summed E-state index contributed by atoms with van der Waals surface area (Å²) in [6.07, 6.45) is 1.31. The average molecular weight is 437 g/mol. The van der Waals surface area contributed by atoms with E-state index in [9.17, 15) is 14.4 Å². The lowest BCUT2D eigenvalue weighted by atomic mass is 10.2. The van der Waals surface area contributed by atoms with E-state index in [1.54, 1.807) is 30.3 Å². The number of hydrogen-bond acceptors (Lipinski definition) is 5. The maximum absolute atomic E-state index is 12.4. The lowest BCUT2D eigenvalue weighted by Crippen LogP contribution is -2.32. The van der Waals surface area contributed by atoms with Gasteiger partial charge in [0.25, 0.3) is 5.56 Å². The van der Waals surface area contributed by atoms with Crippen LogP contribution in [0, 0.1) is 0 Å². The molecule has 0 radical (unpaired) electrons. The van der Waals surface area contributed by atoms with Crippen LogP contribution < -0.4 is 16.0 Å². The first-order valence-electron chi connectivity index (χ1n) is 7.32. The van der Waals surface area contributed by atoms with Gasteiger partial charge in [0, 0.05) is 6.92 Å². The van der Waals surface area contributed by atoms with Gasteiger partial charge >= 0.3 is 11.7 Å². The predicted octanol–water partition coefficient (Wildman–Crippen LogP) is 2.91. The summed E-state index contributed by atoms with van der Waals surface area (Å²) in [6, 6.07) is 9.73. The number of aromatic nitrogens is 2. The molecule has 3 aromatic rings. The van der Waals surface area contributed by atoms with Crippen molar-refractivity contribution >= 4 is 50.6 Å². The Morgan fingerprint density at radius 2 is 2.04 bits per heavy atom. The molecule has 132 valence electrons. The van der Waals surface area contributed by atoms with Gasteiger partial charge < -0.3 is 9.72 Å². The molecule has 2 aromatic carbocycles. The Morgan fingerprint density at radius 3 is 2.73 bits per heavy atom. The molecule has 0 saturated heterocycles. The van der Waals surface area contributed by atoms with Gasteiger partial charge in [-0.05, 0) is 45.8 Å². The number of hydrogen-bond donors (Lipinski definition) is 1. The van der Waals surface area contributed by atoms with Gasteiger partial charge in [-0.2, -0.15) is 5.10 Å². The highest BCUT2D eigenvalue weighted by atomic mass is 79.9. The number of para-hydroxylation sites is 1. The van der Waals surface area contributed by atoms with Crippen molar-refractivity contribution in [2.75, 3.05) is 0 Å². The minimum Gasteiger partial charge on any atom is -0.424 e. The number of esters is 1. The fourth-order valence-corrected chi connectivity index (χ4v) is 3.22. The molecular weight excluding hydrogens is 426 g/mol. The third-order valence-electron chi connectivity index (χ3n) is 3.37. The molecule has 0 aliphatic carbocycles. The second-order valence-corrected chi connectivity index (χ2v) is 6.51. The summed E-state index contributed by atoms with van der Waals surface area (Å²) < 4.78 is 6.17. The summed E-state index contributed by atoms with van der Waals surface area (Å²) in [6.45, 7) is 1.26. The van der Waals surface area contributed by atoms with Crippen LogP contribution in [0.25, 0.3) is 10.9 Å². The number of rotatable bonds is 3. The summed E-state index contributed by atoms with van der Waals surface area (Å²) in [5.74, 6) is -0.333. The molecule has 0 unspecified atom stereocenters. The largest absolute Gasteiger partial charge is 0.424 e. The molecule has 0 atom stereocenters. The van der Waals surface area contributed by atoms with Crippen molar-refractivity contribution in [1.82, 2.24) is 9.66 Å². The Labute approximate surface area is 160 Å². The molecule has 7 nitrogen and oxygen atoms in total. The summed E-state index contributed by atoms with van der Waals surface area (Å²) in [5.41, 5.74) is -0.267. The van der Waals surface area contributed by atoms with Crippen LogP contribution in [0.3, 0.4) is 0 Å². The minimum atomic E-state index is -0.661. The summed E-state index contributed by atoms with van der Waals surface area (Å²) in [7, 11) is 0. The number of carbonyl (C=O) groups excluding carboxylic acids is 1. The van der Waals surface area contributed by atoms with Crippen LogP contribution in [-0.4, -0.2) is 21.8 Å². The van der Waals surface area contributed by atoms with Crippen LogP contribution in [0.1, 0.15) is 12.5 Å². The summed E-state index contributed by atoms with van der Waals surface area (Å²) in [5, 5.41) is 4.46. The van der Waals surface area contributed by atoms with Crippen LogP contribution in [0.4, 0.5) is 0 Å². The van der Waals surface area contributed by atoms with Crippen molar-refractivity contribution in [3.63, 3.8) is 0 Å². The van der Waals surface area contributed by atoms with Gasteiger partial charge in [0.2, 0.25) is 0 Å². The molecule has 0 aliphatic heterocycles. The van der Waals surface area contributed by atoms with Crippen LogP contribution in [0.2, 0.25) is 5.02 Å². The molecule has 1 N–H and O–H groups in total. The van der Waals surface area contributed by atoms with Crippen molar-refractivity contribution in [3.05, 3.63) is 72.3 Å². The van der Waals surface area contributed by atoms with Crippen molar-refractivity contribution in [1.29, 1.82) is 0 Å². The molecule has 0 fully saturated rings. The molecule has 0 saturated carbocycles. The Balaban J connectivity index is 2.03. The lowest BCUT2D eigenvalue weighted by Gasteiger charge is -2.07.